The van der Waals surface area contributed by atoms with Gasteiger partial charge in [-0.1, -0.05) is 48.5 Å². The van der Waals surface area contributed by atoms with E-state index >= 15 is 0 Å². The lowest BCUT2D eigenvalue weighted by molar-refractivity contribution is 0.187. The van der Waals surface area contributed by atoms with Gasteiger partial charge in [0, 0.05) is 24.2 Å². The lowest BCUT2D eigenvalue weighted by atomic mass is 10.1. The van der Waals surface area contributed by atoms with Gasteiger partial charge in [0.25, 0.3) is 0 Å². The molecule has 1 atom stereocenters. The second-order valence-electron chi connectivity index (χ2n) is 6.06. The smallest absolute Gasteiger partial charge is 0.132 e. The molecule has 0 saturated heterocycles. The molecule has 5 heteroatoms. The summed E-state index contributed by atoms with van der Waals surface area (Å²) in [5, 5.41) is 13.4. The van der Waals surface area contributed by atoms with Crippen LogP contribution in [-0.2, 0) is 6.42 Å². The summed E-state index contributed by atoms with van der Waals surface area (Å²) in [4.78, 5) is 4.66. The molecule has 1 aromatic heterocycles. The number of nitrogens with one attached hydrogen (secondary N) is 1. The zero-order valence-electron chi connectivity index (χ0n) is 14.4. The summed E-state index contributed by atoms with van der Waals surface area (Å²) in [7, 11) is 0. The molecule has 3 rings (SSSR count). The van der Waals surface area contributed by atoms with Crippen molar-refractivity contribution < 1.29 is 9.50 Å². The maximum absolute atomic E-state index is 13.3. The fraction of sp³-hybridized carbons (Fsp3) is 0.190. The van der Waals surface area contributed by atoms with Gasteiger partial charge in [0.15, 0.2) is 0 Å². The highest BCUT2D eigenvalue weighted by Gasteiger charge is 2.13. The predicted octanol–water partition coefficient (Wildman–Crippen LogP) is 3.53. The third kappa shape index (κ3) is 4.45. The van der Waals surface area contributed by atoms with E-state index in [4.69, 9.17) is 5.73 Å². The first kappa shape index (κ1) is 18.0. The minimum atomic E-state index is -0.788. The molecule has 1 unspecified atom stereocenters. The van der Waals surface area contributed by atoms with Crippen LogP contribution in [0.25, 0.3) is 11.3 Å². The zero-order valence-corrected chi connectivity index (χ0v) is 14.4. The largest absolute Gasteiger partial charge is 0.387 e. The van der Waals surface area contributed by atoms with Gasteiger partial charge in [-0.3, -0.25) is 0 Å². The number of nitrogens with two attached hydrogens (primary N) is 1. The van der Waals surface area contributed by atoms with E-state index in [1.165, 1.54) is 12.1 Å². The summed E-state index contributed by atoms with van der Waals surface area (Å²) in [5.74, 6) is 0.353. The summed E-state index contributed by atoms with van der Waals surface area (Å²) >= 11 is 0. The number of nitrogens with zero attached hydrogens (tertiary/aromatic N) is 1. The monoisotopic (exact) mass is 351 g/mol. The first-order chi connectivity index (χ1) is 12.7. The van der Waals surface area contributed by atoms with Crippen molar-refractivity contribution in [3.63, 3.8) is 0 Å². The van der Waals surface area contributed by atoms with Crippen LogP contribution in [0, 0.1) is 5.82 Å². The van der Waals surface area contributed by atoms with Gasteiger partial charge in [-0.2, -0.15) is 0 Å². The molecule has 0 aliphatic heterocycles. The average molecular weight is 351 g/mol. The lowest BCUT2D eigenvalue weighted by Crippen LogP contribution is -2.16. The molecule has 3 aromatic rings. The Kier molecular flexibility index (Phi) is 5.94. The quantitative estimate of drug-likeness (QED) is 0.609. The average Bonchev–Trinajstić information content (AvgIpc) is 2.68. The number of anilines is 1. The summed E-state index contributed by atoms with van der Waals surface area (Å²) < 4.78 is 13.3. The van der Waals surface area contributed by atoms with Crippen LogP contribution in [0.2, 0.25) is 0 Å². The summed E-state index contributed by atoms with van der Waals surface area (Å²) in [5.41, 5.74) is 8.98. The molecule has 2 aromatic carbocycles. The molecule has 26 heavy (non-hydrogen) atoms. The van der Waals surface area contributed by atoms with Gasteiger partial charge in [-0.25, -0.2) is 9.37 Å². The Balaban J connectivity index is 1.80. The molecular formula is C21H22FN3O. The van der Waals surface area contributed by atoms with Crippen molar-refractivity contribution in [1.29, 1.82) is 0 Å². The Labute approximate surface area is 152 Å². The van der Waals surface area contributed by atoms with Crippen molar-refractivity contribution in [1.82, 2.24) is 4.98 Å². The molecule has 1 heterocycles. The van der Waals surface area contributed by atoms with Crippen molar-refractivity contribution in [3.05, 3.63) is 83.7 Å². The highest BCUT2D eigenvalue weighted by Crippen LogP contribution is 2.25. The highest BCUT2D eigenvalue weighted by atomic mass is 19.1. The predicted molar refractivity (Wildman–Crippen MR) is 102 cm³/mol. The van der Waals surface area contributed by atoms with Crippen LogP contribution in [0.1, 0.15) is 17.2 Å². The minimum Gasteiger partial charge on any atom is -0.387 e. The van der Waals surface area contributed by atoms with Gasteiger partial charge < -0.3 is 16.2 Å². The fourth-order valence-electron chi connectivity index (χ4n) is 2.79. The third-order valence-electron chi connectivity index (χ3n) is 4.17. The number of hydrogen-bond donors (Lipinski definition) is 3. The minimum absolute atomic E-state index is 0.116. The van der Waals surface area contributed by atoms with E-state index in [-0.39, 0.29) is 12.4 Å². The summed E-state index contributed by atoms with van der Waals surface area (Å²) in [6, 6.07) is 20.1. The number of aromatic nitrogens is 1. The van der Waals surface area contributed by atoms with Crippen molar-refractivity contribution in [2.45, 2.75) is 12.5 Å². The summed E-state index contributed by atoms with van der Waals surface area (Å²) in [6.45, 7) is 0.684. The van der Waals surface area contributed by atoms with E-state index in [0.717, 1.165) is 16.8 Å². The molecule has 4 N–H and O–H groups in total. The molecule has 0 radical (unpaired) electrons. The van der Waals surface area contributed by atoms with Gasteiger partial charge in [0.05, 0.1) is 11.8 Å². The number of halogens is 1. The van der Waals surface area contributed by atoms with Crippen LogP contribution in [0.4, 0.5) is 10.2 Å². The van der Waals surface area contributed by atoms with E-state index in [1.807, 2.05) is 48.5 Å². The van der Waals surface area contributed by atoms with Gasteiger partial charge in [0.2, 0.25) is 0 Å². The second kappa shape index (κ2) is 8.56. The van der Waals surface area contributed by atoms with Crippen molar-refractivity contribution >= 4 is 5.82 Å². The lowest BCUT2D eigenvalue weighted by Gasteiger charge is -2.16. The maximum Gasteiger partial charge on any atom is 0.132 e. The Hall–Kier alpha value is -2.76. The molecule has 0 aliphatic carbocycles. The molecule has 0 spiro atoms. The number of hydrogen-bond acceptors (Lipinski definition) is 4. The number of pyridine rings is 1. The van der Waals surface area contributed by atoms with Crippen LogP contribution >= 0.6 is 0 Å². The van der Waals surface area contributed by atoms with Crippen molar-refractivity contribution in [3.8, 4) is 11.3 Å². The Morgan fingerprint density at radius 3 is 2.58 bits per heavy atom. The van der Waals surface area contributed by atoms with Gasteiger partial charge in [-0.05, 0) is 30.2 Å². The number of aliphatic hydroxyl groups is 1. The van der Waals surface area contributed by atoms with Crippen LogP contribution in [-0.4, -0.2) is 23.2 Å². The summed E-state index contributed by atoms with van der Waals surface area (Å²) in [6.07, 6.45) is -0.142. The van der Waals surface area contributed by atoms with Crippen molar-refractivity contribution in [2.24, 2.45) is 5.73 Å². The SMILES string of the molecule is NCC(O)c1ccc(-c2ccccc2)nc1NCCc1cccc(F)c1. The number of benzene rings is 2. The molecule has 0 bridgehead atoms. The molecule has 4 nitrogen and oxygen atoms in total. The molecule has 0 saturated carbocycles. The second-order valence-corrected chi connectivity index (χ2v) is 6.06. The van der Waals surface area contributed by atoms with Crippen LogP contribution in [0.15, 0.2) is 66.7 Å². The van der Waals surface area contributed by atoms with Crippen LogP contribution < -0.4 is 11.1 Å². The van der Waals surface area contributed by atoms with E-state index in [9.17, 15) is 9.50 Å². The number of rotatable bonds is 7. The topological polar surface area (TPSA) is 71.2 Å². The van der Waals surface area contributed by atoms with Crippen molar-refractivity contribution in [2.75, 3.05) is 18.4 Å². The van der Waals surface area contributed by atoms with Gasteiger partial charge >= 0.3 is 0 Å². The first-order valence-electron chi connectivity index (χ1n) is 8.60. The maximum atomic E-state index is 13.3. The van der Waals surface area contributed by atoms with Gasteiger partial charge in [0.1, 0.15) is 11.6 Å². The Morgan fingerprint density at radius 2 is 1.85 bits per heavy atom. The van der Waals surface area contributed by atoms with E-state index < -0.39 is 6.10 Å². The van der Waals surface area contributed by atoms with Gasteiger partial charge in [-0.15, -0.1) is 0 Å². The van der Waals surface area contributed by atoms with E-state index in [0.29, 0.717) is 24.3 Å². The molecule has 0 amide bonds. The first-order valence-corrected chi connectivity index (χ1v) is 8.60. The fourth-order valence-corrected chi connectivity index (χ4v) is 2.79. The Bertz CT molecular complexity index is 855. The number of aliphatic hydroxyl groups excluding tert-OH is 1. The zero-order chi connectivity index (χ0) is 18.4. The standard InChI is InChI=1S/C21H22FN3O/c22-17-8-4-5-15(13-17)11-12-24-21-18(20(26)14-23)9-10-19(25-21)16-6-2-1-3-7-16/h1-10,13,20,26H,11-12,14,23H2,(H,24,25). The molecule has 0 fully saturated rings. The van der Waals surface area contributed by atoms with Crippen LogP contribution in [0.3, 0.4) is 0 Å². The van der Waals surface area contributed by atoms with E-state index in [2.05, 4.69) is 10.3 Å². The Morgan fingerprint density at radius 1 is 1.04 bits per heavy atom. The normalized spacial score (nSPS) is 12.0. The third-order valence-corrected chi connectivity index (χ3v) is 4.17. The van der Waals surface area contributed by atoms with Crippen LogP contribution in [0.5, 0.6) is 0 Å². The van der Waals surface area contributed by atoms with E-state index in [1.54, 1.807) is 6.07 Å². The highest BCUT2D eigenvalue weighted by molar-refractivity contribution is 5.63. The molecular weight excluding hydrogens is 329 g/mol. The molecule has 134 valence electrons. The molecule has 0 aliphatic rings.